The lowest BCUT2D eigenvalue weighted by Crippen LogP contribution is -2.10. The molecule has 0 aliphatic carbocycles. The second kappa shape index (κ2) is 5.41. The highest BCUT2D eigenvalue weighted by Gasteiger charge is 2.16. The maximum Gasteiger partial charge on any atom is 0.0731 e. The Balaban J connectivity index is 2.43. The summed E-state index contributed by atoms with van der Waals surface area (Å²) in [5.74, 6) is 0. The molecule has 5 heteroatoms. The zero-order chi connectivity index (χ0) is 12.6. The Morgan fingerprint density at radius 2 is 2.06 bits per heavy atom. The number of aryl methyl sites for hydroxylation is 1. The average Bonchev–Trinajstić information content (AvgIpc) is 2.62. The molecule has 0 bridgehead atoms. The lowest BCUT2D eigenvalue weighted by molar-refractivity contribution is 0.892. The molecule has 1 unspecified atom stereocenters. The van der Waals surface area contributed by atoms with Crippen LogP contribution in [0.3, 0.4) is 0 Å². The third-order valence-electron chi connectivity index (χ3n) is 2.50. The molecule has 1 nitrogen and oxygen atoms in total. The SMILES string of the molecule is Cc1cc(C(N)c2cccc(Br)c2Cl)sc1Br. The van der Waals surface area contributed by atoms with E-state index >= 15 is 0 Å². The van der Waals surface area contributed by atoms with Gasteiger partial charge in [-0.05, 0) is 62.0 Å². The molecule has 2 N–H and O–H groups in total. The largest absolute Gasteiger partial charge is 0.320 e. The van der Waals surface area contributed by atoms with Crippen LogP contribution in [0.5, 0.6) is 0 Å². The van der Waals surface area contributed by atoms with E-state index in [-0.39, 0.29) is 6.04 Å². The van der Waals surface area contributed by atoms with Gasteiger partial charge in [0.15, 0.2) is 0 Å². The zero-order valence-electron chi connectivity index (χ0n) is 9.01. The molecule has 90 valence electrons. The second-order valence-corrected chi connectivity index (χ2v) is 7.36. The number of hydrogen-bond acceptors (Lipinski definition) is 2. The maximum atomic E-state index is 6.25. The molecule has 1 heterocycles. The van der Waals surface area contributed by atoms with Crippen LogP contribution in [-0.2, 0) is 0 Å². The van der Waals surface area contributed by atoms with Crippen molar-refractivity contribution in [3.8, 4) is 0 Å². The summed E-state index contributed by atoms with van der Waals surface area (Å²) in [6.45, 7) is 2.05. The van der Waals surface area contributed by atoms with Gasteiger partial charge in [0, 0.05) is 9.35 Å². The van der Waals surface area contributed by atoms with Gasteiger partial charge in [-0.3, -0.25) is 0 Å². The molecule has 1 aromatic heterocycles. The first-order chi connectivity index (χ1) is 8.00. The average molecular weight is 396 g/mol. The van der Waals surface area contributed by atoms with Crippen molar-refractivity contribution in [2.24, 2.45) is 5.73 Å². The summed E-state index contributed by atoms with van der Waals surface area (Å²) in [5.41, 5.74) is 8.39. The minimum atomic E-state index is -0.185. The third kappa shape index (κ3) is 2.76. The van der Waals surface area contributed by atoms with E-state index in [9.17, 15) is 0 Å². The molecule has 2 aromatic rings. The first-order valence-corrected chi connectivity index (χ1v) is 7.74. The Labute approximate surface area is 126 Å². The van der Waals surface area contributed by atoms with Gasteiger partial charge in [0.05, 0.1) is 14.9 Å². The Morgan fingerprint density at radius 1 is 1.35 bits per heavy atom. The van der Waals surface area contributed by atoms with Crippen LogP contribution < -0.4 is 5.73 Å². The van der Waals surface area contributed by atoms with Gasteiger partial charge in [0.1, 0.15) is 0 Å². The monoisotopic (exact) mass is 393 g/mol. The van der Waals surface area contributed by atoms with Crippen LogP contribution in [-0.4, -0.2) is 0 Å². The van der Waals surface area contributed by atoms with Gasteiger partial charge in [0.2, 0.25) is 0 Å². The van der Waals surface area contributed by atoms with Crippen LogP contribution in [0.2, 0.25) is 5.02 Å². The highest BCUT2D eigenvalue weighted by Crippen LogP contribution is 2.37. The molecule has 0 aliphatic heterocycles. The molecule has 0 amide bonds. The summed E-state index contributed by atoms with van der Waals surface area (Å²) in [7, 11) is 0. The molecule has 0 radical (unpaired) electrons. The fraction of sp³-hybridized carbons (Fsp3) is 0.167. The summed E-state index contributed by atoms with van der Waals surface area (Å²) < 4.78 is 1.99. The molecule has 2 rings (SSSR count). The molecule has 1 atom stereocenters. The molecule has 1 aromatic carbocycles. The minimum absolute atomic E-state index is 0.185. The van der Waals surface area contributed by atoms with E-state index in [0.717, 1.165) is 18.7 Å². The number of rotatable bonds is 2. The number of halogens is 3. The number of hydrogen-bond donors (Lipinski definition) is 1. The number of nitrogens with two attached hydrogens (primary N) is 1. The molecule has 17 heavy (non-hydrogen) atoms. The Morgan fingerprint density at radius 3 is 2.65 bits per heavy atom. The van der Waals surface area contributed by atoms with Crippen molar-refractivity contribution in [3.63, 3.8) is 0 Å². The van der Waals surface area contributed by atoms with Crippen molar-refractivity contribution >= 4 is 54.8 Å². The van der Waals surface area contributed by atoms with Crippen molar-refractivity contribution < 1.29 is 0 Å². The van der Waals surface area contributed by atoms with Crippen LogP contribution in [0.1, 0.15) is 22.0 Å². The smallest absolute Gasteiger partial charge is 0.0731 e. The molecule has 0 spiro atoms. The summed E-state index contributed by atoms with van der Waals surface area (Å²) in [6.07, 6.45) is 0. The first kappa shape index (κ1) is 13.6. The molecular weight excluding hydrogens is 385 g/mol. The quantitative estimate of drug-likeness (QED) is 0.735. The van der Waals surface area contributed by atoms with E-state index in [1.165, 1.54) is 5.56 Å². The van der Waals surface area contributed by atoms with E-state index in [0.29, 0.717) is 5.02 Å². The van der Waals surface area contributed by atoms with Gasteiger partial charge >= 0.3 is 0 Å². The third-order valence-corrected chi connectivity index (χ3v) is 6.03. The Kier molecular flexibility index (Phi) is 4.31. The lowest BCUT2D eigenvalue weighted by Gasteiger charge is -2.12. The van der Waals surface area contributed by atoms with Crippen molar-refractivity contribution in [1.82, 2.24) is 0 Å². The fourth-order valence-electron chi connectivity index (χ4n) is 1.55. The van der Waals surface area contributed by atoms with E-state index in [4.69, 9.17) is 17.3 Å². The predicted octanol–water partition coefficient (Wildman–Crippen LogP) is 5.28. The fourth-order valence-corrected chi connectivity index (χ4v) is 3.77. The normalized spacial score (nSPS) is 12.8. The van der Waals surface area contributed by atoms with E-state index in [2.05, 4.69) is 44.8 Å². The summed E-state index contributed by atoms with van der Waals surface area (Å²) in [6, 6.07) is 7.72. The van der Waals surface area contributed by atoms with Gasteiger partial charge in [-0.25, -0.2) is 0 Å². The molecule has 0 aliphatic rings. The second-order valence-electron chi connectivity index (χ2n) is 3.73. The van der Waals surface area contributed by atoms with Gasteiger partial charge in [0.25, 0.3) is 0 Å². The zero-order valence-corrected chi connectivity index (χ0v) is 13.8. The van der Waals surface area contributed by atoms with E-state index in [1.54, 1.807) is 11.3 Å². The predicted molar refractivity (Wildman–Crippen MR) is 81.9 cm³/mol. The maximum absolute atomic E-state index is 6.25. The van der Waals surface area contributed by atoms with Crippen LogP contribution in [0, 0.1) is 6.92 Å². The Hall–Kier alpha value is 0.130. The van der Waals surface area contributed by atoms with Gasteiger partial charge in [-0.1, -0.05) is 23.7 Å². The van der Waals surface area contributed by atoms with Crippen LogP contribution >= 0.6 is 54.8 Å². The molecule has 0 fully saturated rings. The summed E-state index contributed by atoms with van der Waals surface area (Å²) >= 11 is 14.8. The Bertz CT molecular complexity index is 534. The van der Waals surface area contributed by atoms with Crippen LogP contribution in [0.15, 0.2) is 32.5 Å². The standard InChI is InChI=1S/C12H10Br2ClNS/c1-6-5-9(17-12(6)14)11(16)7-3-2-4-8(13)10(7)15/h2-5,11H,16H2,1H3. The topological polar surface area (TPSA) is 26.0 Å². The van der Waals surface area contributed by atoms with E-state index < -0.39 is 0 Å². The molecule has 0 saturated carbocycles. The lowest BCUT2D eigenvalue weighted by atomic mass is 10.1. The summed E-state index contributed by atoms with van der Waals surface area (Å²) in [4.78, 5) is 1.11. The highest BCUT2D eigenvalue weighted by molar-refractivity contribution is 9.11. The highest BCUT2D eigenvalue weighted by atomic mass is 79.9. The first-order valence-electron chi connectivity index (χ1n) is 4.96. The van der Waals surface area contributed by atoms with Crippen molar-refractivity contribution in [1.29, 1.82) is 0 Å². The van der Waals surface area contributed by atoms with Gasteiger partial charge in [-0.15, -0.1) is 11.3 Å². The van der Waals surface area contributed by atoms with Gasteiger partial charge in [-0.2, -0.15) is 0 Å². The number of thiophene rings is 1. The van der Waals surface area contributed by atoms with Crippen LogP contribution in [0.4, 0.5) is 0 Å². The van der Waals surface area contributed by atoms with E-state index in [1.807, 2.05) is 18.2 Å². The molecular formula is C12H10Br2ClNS. The van der Waals surface area contributed by atoms with Crippen LogP contribution in [0.25, 0.3) is 0 Å². The van der Waals surface area contributed by atoms with Crippen molar-refractivity contribution in [2.45, 2.75) is 13.0 Å². The van der Waals surface area contributed by atoms with Crippen molar-refractivity contribution in [3.05, 3.63) is 53.6 Å². The summed E-state index contributed by atoms with van der Waals surface area (Å²) in [5, 5.41) is 0.683. The minimum Gasteiger partial charge on any atom is -0.320 e. The van der Waals surface area contributed by atoms with Crippen molar-refractivity contribution in [2.75, 3.05) is 0 Å². The number of benzene rings is 1. The van der Waals surface area contributed by atoms with Gasteiger partial charge < -0.3 is 5.73 Å². The molecule has 0 saturated heterocycles.